The third kappa shape index (κ3) is 5.63. The van der Waals surface area contributed by atoms with Crippen LogP contribution < -0.4 is 4.46 Å². The van der Waals surface area contributed by atoms with Crippen LogP contribution in [0.2, 0.25) is 5.32 Å². The van der Waals surface area contributed by atoms with Crippen LogP contribution in [0.15, 0.2) is 30.3 Å². The zero-order valence-corrected chi connectivity index (χ0v) is 17.3. The first-order valence-corrected chi connectivity index (χ1v) is 11.5. The molecule has 0 N–H and O–H groups in total. The predicted molar refractivity (Wildman–Crippen MR) is 105 cm³/mol. The van der Waals surface area contributed by atoms with E-state index in [0.717, 1.165) is 37.4 Å². The van der Waals surface area contributed by atoms with Crippen LogP contribution in [-0.4, -0.2) is 28.0 Å². The average molecular weight is 405 g/mol. The van der Waals surface area contributed by atoms with Gasteiger partial charge in [0.15, 0.2) is 0 Å². The Kier molecular flexibility index (Phi) is 8.59. The summed E-state index contributed by atoms with van der Waals surface area (Å²) in [6.45, 7) is 2.14. The molecule has 3 heteroatoms. The molecule has 2 nitrogen and oxygen atoms in total. The first-order chi connectivity index (χ1) is 12.2. The fraction of sp³-hybridized carbons (Fsp3) is 0.591. The number of rotatable bonds is 6. The Morgan fingerprint density at radius 1 is 1.24 bits per heavy atom. The molecule has 0 saturated heterocycles. The molecular weight excluding hydrogens is 375 g/mol. The monoisotopic (exact) mass is 406 g/mol. The van der Waals surface area contributed by atoms with Gasteiger partial charge in [-0.1, -0.05) is 0 Å². The maximum absolute atomic E-state index is 12.8. The van der Waals surface area contributed by atoms with E-state index in [4.69, 9.17) is 4.74 Å². The van der Waals surface area contributed by atoms with E-state index in [1.807, 2.05) is 0 Å². The SMILES string of the molecule is CCCC#CC[C@]1(C(=O)OC)CCCCC[C@H]1C[Se]c1ccccc1. The van der Waals surface area contributed by atoms with Gasteiger partial charge in [-0.2, -0.15) is 0 Å². The van der Waals surface area contributed by atoms with E-state index in [2.05, 4.69) is 49.1 Å². The van der Waals surface area contributed by atoms with E-state index in [-0.39, 0.29) is 5.97 Å². The van der Waals surface area contributed by atoms with Gasteiger partial charge in [0.2, 0.25) is 0 Å². The van der Waals surface area contributed by atoms with Crippen molar-refractivity contribution in [3.63, 3.8) is 0 Å². The van der Waals surface area contributed by atoms with E-state index in [0.29, 0.717) is 27.3 Å². The molecule has 0 heterocycles. The number of benzene rings is 1. The van der Waals surface area contributed by atoms with E-state index >= 15 is 0 Å². The molecule has 2 atom stereocenters. The van der Waals surface area contributed by atoms with Crippen LogP contribution in [0.4, 0.5) is 0 Å². The summed E-state index contributed by atoms with van der Waals surface area (Å²) in [6.07, 6.45) is 8.24. The Morgan fingerprint density at radius 3 is 2.76 bits per heavy atom. The summed E-state index contributed by atoms with van der Waals surface area (Å²) in [4.78, 5) is 12.8. The van der Waals surface area contributed by atoms with Crippen molar-refractivity contribution in [2.24, 2.45) is 11.3 Å². The second-order valence-electron chi connectivity index (χ2n) is 6.85. The molecular formula is C22H30O2Se. The second kappa shape index (κ2) is 10.7. The molecule has 1 aromatic carbocycles. The third-order valence-electron chi connectivity index (χ3n) is 5.15. The molecule has 1 aliphatic rings. The van der Waals surface area contributed by atoms with Crippen molar-refractivity contribution in [2.75, 3.05) is 7.11 Å². The van der Waals surface area contributed by atoms with Gasteiger partial charge in [-0.05, 0) is 0 Å². The van der Waals surface area contributed by atoms with Crippen molar-refractivity contribution in [3.05, 3.63) is 30.3 Å². The van der Waals surface area contributed by atoms with Crippen molar-refractivity contribution in [3.8, 4) is 11.8 Å². The molecule has 2 rings (SSSR count). The Morgan fingerprint density at radius 2 is 2.04 bits per heavy atom. The van der Waals surface area contributed by atoms with Crippen molar-refractivity contribution in [2.45, 2.75) is 63.6 Å². The number of unbranched alkanes of at least 4 members (excludes halogenated alkanes) is 1. The molecule has 0 bridgehead atoms. The van der Waals surface area contributed by atoms with Crippen LogP contribution in [0.1, 0.15) is 58.3 Å². The van der Waals surface area contributed by atoms with Crippen LogP contribution in [0.3, 0.4) is 0 Å². The summed E-state index contributed by atoms with van der Waals surface area (Å²) in [6, 6.07) is 10.7. The predicted octanol–water partition coefficient (Wildman–Crippen LogP) is 4.37. The minimum absolute atomic E-state index is 0.0333. The van der Waals surface area contributed by atoms with Gasteiger partial charge in [-0.25, -0.2) is 0 Å². The molecule has 0 amide bonds. The summed E-state index contributed by atoms with van der Waals surface area (Å²) < 4.78 is 6.70. The molecule has 0 radical (unpaired) electrons. The van der Waals surface area contributed by atoms with E-state index in [1.54, 1.807) is 0 Å². The van der Waals surface area contributed by atoms with Crippen LogP contribution in [0, 0.1) is 23.2 Å². The maximum atomic E-state index is 12.8. The molecule has 0 aliphatic heterocycles. The Labute approximate surface area is 159 Å². The van der Waals surface area contributed by atoms with Gasteiger partial charge in [-0.3, -0.25) is 0 Å². The van der Waals surface area contributed by atoms with Crippen molar-refractivity contribution >= 4 is 25.4 Å². The number of hydrogen-bond acceptors (Lipinski definition) is 2. The Hall–Kier alpha value is -1.23. The van der Waals surface area contributed by atoms with Gasteiger partial charge in [0.25, 0.3) is 0 Å². The Balaban J connectivity index is 2.19. The van der Waals surface area contributed by atoms with Crippen LogP contribution in [0.25, 0.3) is 0 Å². The molecule has 1 aliphatic carbocycles. The number of methoxy groups -OCH3 is 1. The zero-order chi connectivity index (χ0) is 18.0. The van der Waals surface area contributed by atoms with E-state index < -0.39 is 5.41 Å². The molecule has 1 aromatic rings. The number of carbonyl (C=O) groups excluding carboxylic acids is 1. The van der Waals surface area contributed by atoms with Gasteiger partial charge in [0, 0.05) is 0 Å². The van der Waals surface area contributed by atoms with Gasteiger partial charge in [0.05, 0.1) is 0 Å². The van der Waals surface area contributed by atoms with E-state index in [1.165, 1.54) is 24.4 Å². The molecule has 0 spiro atoms. The first kappa shape index (κ1) is 20.1. The fourth-order valence-electron chi connectivity index (χ4n) is 3.66. The summed E-state index contributed by atoms with van der Waals surface area (Å²) in [5.41, 5.74) is -0.400. The summed E-state index contributed by atoms with van der Waals surface area (Å²) in [7, 11) is 1.54. The van der Waals surface area contributed by atoms with Gasteiger partial charge >= 0.3 is 159 Å². The quantitative estimate of drug-likeness (QED) is 0.304. The molecule has 1 saturated carbocycles. The van der Waals surface area contributed by atoms with Crippen LogP contribution in [-0.2, 0) is 9.53 Å². The van der Waals surface area contributed by atoms with Gasteiger partial charge in [0.1, 0.15) is 0 Å². The standard InChI is InChI=1S/C22H30O2Se/c1-3-4-5-11-16-22(21(23)24-2)17-12-7-8-13-19(22)18-25-20-14-9-6-10-15-20/h6,9-10,14-15,19H,3-4,7-8,12-13,16-18H2,1-2H3/t19-,22-/m0/s1. The summed E-state index contributed by atoms with van der Waals surface area (Å²) in [5.74, 6) is 6.93. The molecule has 136 valence electrons. The number of carbonyl (C=O) groups is 1. The van der Waals surface area contributed by atoms with Crippen molar-refractivity contribution in [1.29, 1.82) is 0 Å². The molecule has 0 aromatic heterocycles. The first-order valence-electron chi connectivity index (χ1n) is 9.45. The average Bonchev–Trinajstić information content (AvgIpc) is 2.86. The Bertz CT molecular complexity index is 587. The topological polar surface area (TPSA) is 26.3 Å². The molecule has 25 heavy (non-hydrogen) atoms. The summed E-state index contributed by atoms with van der Waals surface area (Å²) >= 11 is 0.395. The third-order valence-corrected chi connectivity index (χ3v) is 7.61. The minimum atomic E-state index is -0.400. The summed E-state index contributed by atoms with van der Waals surface area (Å²) in [5, 5.41) is 1.10. The fourth-order valence-corrected chi connectivity index (χ4v) is 6.23. The zero-order valence-electron chi connectivity index (χ0n) is 15.6. The van der Waals surface area contributed by atoms with Crippen molar-refractivity contribution in [1.82, 2.24) is 0 Å². The number of ether oxygens (including phenoxy) is 1. The normalized spacial score (nSPS) is 23.2. The van der Waals surface area contributed by atoms with Gasteiger partial charge in [-0.15, -0.1) is 0 Å². The molecule has 1 fully saturated rings. The molecule has 0 unspecified atom stereocenters. The van der Waals surface area contributed by atoms with E-state index in [9.17, 15) is 4.79 Å². The van der Waals surface area contributed by atoms with Crippen LogP contribution >= 0.6 is 0 Å². The van der Waals surface area contributed by atoms with Crippen molar-refractivity contribution < 1.29 is 9.53 Å². The number of esters is 1. The number of hydrogen-bond donors (Lipinski definition) is 0. The van der Waals surface area contributed by atoms with Gasteiger partial charge < -0.3 is 0 Å². The van der Waals surface area contributed by atoms with Crippen LogP contribution in [0.5, 0.6) is 0 Å². The second-order valence-corrected chi connectivity index (χ2v) is 9.14.